The van der Waals surface area contributed by atoms with Crippen LogP contribution in [-0.4, -0.2) is 26.2 Å². The molecule has 0 fully saturated rings. The van der Waals surface area contributed by atoms with Gasteiger partial charge in [-0.15, -0.1) is 0 Å². The number of unbranched alkanes of at least 4 members (excludes halogenated alkanes) is 1. The normalized spacial score (nSPS) is 10.4. The summed E-state index contributed by atoms with van der Waals surface area (Å²) in [4.78, 5) is 12.9. The highest BCUT2D eigenvalue weighted by Gasteiger charge is 2.10. The van der Waals surface area contributed by atoms with Gasteiger partial charge in [-0.2, -0.15) is 0 Å². The van der Waals surface area contributed by atoms with Crippen molar-refractivity contribution in [2.45, 2.75) is 39.5 Å². The van der Waals surface area contributed by atoms with Crippen molar-refractivity contribution in [3.63, 3.8) is 0 Å². The molecule has 1 aromatic carbocycles. The maximum Gasteiger partial charge on any atom is 0.305 e. The molecule has 0 radical (unpaired) electrons. The SMILES string of the molecule is CCC(=O)OCCCCc1cccc(N(C)CC)c1F. The summed E-state index contributed by atoms with van der Waals surface area (Å²) in [6.07, 6.45) is 2.65. The lowest BCUT2D eigenvalue weighted by Crippen LogP contribution is -2.17. The third-order valence-electron chi connectivity index (χ3n) is 3.34. The van der Waals surface area contributed by atoms with Crippen LogP contribution < -0.4 is 4.90 Å². The second-order valence-corrected chi connectivity index (χ2v) is 4.80. The minimum absolute atomic E-state index is 0.137. The summed E-state index contributed by atoms with van der Waals surface area (Å²) in [5.41, 5.74) is 1.37. The van der Waals surface area contributed by atoms with Crippen molar-refractivity contribution in [3.05, 3.63) is 29.6 Å². The van der Waals surface area contributed by atoms with Crippen molar-refractivity contribution in [1.82, 2.24) is 0 Å². The van der Waals surface area contributed by atoms with Crippen molar-refractivity contribution in [3.8, 4) is 0 Å². The molecule has 0 saturated carbocycles. The zero-order chi connectivity index (χ0) is 15.0. The Labute approximate surface area is 120 Å². The van der Waals surface area contributed by atoms with Gasteiger partial charge in [0.1, 0.15) is 5.82 Å². The first-order valence-corrected chi connectivity index (χ1v) is 7.24. The summed E-state index contributed by atoms with van der Waals surface area (Å²) in [5, 5.41) is 0. The molecule has 0 N–H and O–H groups in total. The lowest BCUT2D eigenvalue weighted by atomic mass is 10.1. The second-order valence-electron chi connectivity index (χ2n) is 4.80. The van der Waals surface area contributed by atoms with Gasteiger partial charge in [-0.05, 0) is 37.8 Å². The van der Waals surface area contributed by atoms with Crippen molar-refractivity contribution in [1.29, 1.82) is 0 Å². The first kappa shape index (κ1) is 16.5. The number of hydrogen-bond donors (Lipinski definition) is 0. The van der Waals surface area contributed by atoms with Crippen LogP contribution in [0.2, 0.25) is 0 Å². The van der Waals surface area contributed by atoms with Crippen LogP contribution in [0.15, 0.2) is 18.2 Å². The molecule has 0 saturated heterocycles. The van der Waals surface area contributed by atoms with E-state index in [9.17, 15) is 9.18 Å². The lowest BCUT2D eigenvalue weighted by molar-refractivity contribution is -0.143. The van der Waals surface area contributed by atoms with Crippen LogP contribution in [0.5, 0.6) is 0 Å². The minimum atomic E-state index is -0.178. The molecule has 0 aliphatic carbocycles. The van der Waals surface area contributed by atoms with Crippen LogP contribution in [0.25, 0.3) is 0 Å². The van der Waals surface area contributed by atoms with Gasteiger partial charge in [0.25, 0.3) is 0 Å². The third-order valence-corrected chi connectivity index (χ3v) is 3.34. The van der Waals surface area contributed by atoms with E-state index in [1.807, 2.05) is 31.0 Å². The number of esters is 1. The van der Waals surface area contributed by atoms with Gasteiger partial charge < -0.3 is 9.64 Å². The number of carbonyl (C=O) groups excluding carboxylic acids is 1. The fourth-order valence-electron chi connectivity index (χ4n) is 1.93. The molecule has 112 valence electrons. The van der Waals surface area contributed by atoms with E-state index >= 15 is 0 Å². The van der Waals surface area contributed by atoms with E-state index in [1.165, 1.54) is 0 Å². The first-order valence-electron chi connectivity index (χ1n) is 7.24. The highest BCUT2D eigenvalue weighted by molar-refractivity contribution is 5.68. The maximum absolute atomic E-state index is 14.3. The quantitative estimate of drug-likeness (QED) is 0.539. The molecule has 0 atom stereocenters. The highest BCUT2D eigenvalue weighted by Crippen LogP contribution is 2.22. The summed E-state index contributed by atoms with van der Waals surface area (Å²) in [7, 11) is 1.88. The summed E-state index contributed by atoms with van der Waals surface area (Å²) in [5.74, 6) is -0.315. The van der Waals surface area contributed by atoms with Crippen molar-refractivity contribution in [2.24, 2.45) is 0 Å². The number of halogens is 1. The van der Waals surface area contributed by atoms with Gasteiger partial charge in [0, 0.05) is 20.0 Å². The van der Waals surface area contributed by atoms with Gasteiger partial charge in [0.2, 0.25) is 0 Å². The van der Waals surface area contributed by atoms with Crippen molar-refractivity contribution in [2.75, 3.05) is 25.1 Å². The van der Waals surface area contributed by atoms with Crippen molar-refractivity contribution < 1.29 is 13.9 Å². The minimum Gasteiger partial charge on any atom is -0.466 e. The molecule has 0 heterocycles. The monoisotopic (exact) mass is 281 g/mol. The molecule has 0 spiro atoms. The number of aryl methyl sites for hydroxylation is 1. The van der Waals surface area contributed by atoms with Crippen LogP contribution in [0.1, 0.15) is 38.7 Å². The topological polar surface area (TPSA) is 29.5 Å². The molecule has 20 heavy (non-hydrogen) atoms. The zero-order valence-corrected chi connectivity index (χ0v) is 12.6. The van der Waals surface area contributed by atoms with Gasteiger partial charge in [-0.3, -0.25) is 4.79 Å². The standard InChI is InChI=1S/C16H24FNO2/c1-4-15(19)20-12-7-6-9-13-10-8-11-14(16(13)17)18(3)5-2/h8,10-11H,4-7,9,12H2,1-3H3. The Kier molecular flexibility index (Phi) is 7.05. The van der Waals surface area contributed by atoms with Crippen molar-refractivity contribution >= 4 is 11.7 Å². The number of benzene rings is 1. The largest absolute Gasteiger partial charge is 0.466 e. The predicted octanol–water partition coefficient (Wildman–Crippen LogP) is 3.56. The summed E-state index contributed by atoms with van der Waals surface area (Å²) < 4.78 is 19.3. The number of hydrogen-bond acceptors (Lipinski definition) is 3. The van der Waals surface area contributed by atoms with E-state index in [4.69, 9.17) is 4.74 Å². The Hall–Kier alpha value is -1.58. The molecule has 0 unspecified atom stereocenters. The third kappa shape index (κ3) is 4.83. The Morgan fingerprint density at radius 2 is 2.05 bits per heavy atom. The molecular weight excluding hydrogens is 257 g/mol. The molecule has 0 aliphatic rings. The number of rotatable bonds is 8. The van der Waals surface area contributed by atoms with E-state index in [-0.39, 0.29) is 11.8 Å². The van der Waals surface area contributed by atoms with Gasteiger partial charge in [0.05, 0.1) is 12.3 Å². The highest BCUT2D eigenvalue weighted by atomic mass is 19.1. The molecule has 0 aromatic heterocycles. The molecule has 0 bridgehead atoms. The molecule has 4 heteroatoms. The van der Waals surface area contributed by atoms with Gasteiger partial charge in [-0.25, -0.2) is 4.39 Å². The molecular formula is C16H24FNO2. The number of anilines is 1. The predicted molar refractivity (Wildman–Crippen MR) is 79.5 cm³/mol. The average Bonchev–Trinajstić information content (AvgIpc) is 2.47. The Bertz CT molecular complexity index is 434. The van der Waals surface area contributed by atoms with Crippen LogP contribution in [-0.2, 0) is 16.0 Å². The zero-order valence-electron chi connectivity index (χ0n) is 12.6. The van der Waals surface area contributed by atoms with Crippen LogP contribution in [0, 0.1) is 5.82 Å². The number of ether oxygens (including phenoxy) is 1. The second kappa shape index (κ2) is 8.56. The first-order chi connectivity index (χ1) is 9.60. The molecule has 0 aliphatic heterocycles. The molecule has 3 nitrogen and oxygen atoms in total. The summed E-state index contributed by atoms with van der Waals surface area (Å²) in [6.45, 7) is 4.96. The average molecular weight is 281 g/mol. The molecule has 1 rings (SSSR count). The summed E-state index contributed by atoms with van der Waals surface area (Å²) in [6, 6.07) is 5.50. The van der Waals surface area contributed by atoms with Gasteiger partial charge in [0.15, 0.2) is 0 Å². The van der Waals surface area contributed by atoms with Gasteiger partial charge in [-0.1, -0.05) is 19.1 Å². The van der Waals surface area contributed by atoms with Crippen LogP contribution >= 0.6 is 0 Å². The van der Waals surface area contributed by atoms with E-state index in [0.717, 1.165) is 24.9 Å². The van der Waals surface area contributed by atoms with Crippen LogP contribution in [0.3, 0.4) is 0 Å². The summed E-state index contributed by atoms with van der Waals surface area (Å²) >= 11 is 0. The lowest BCUT2D eigenvalue weighted by Gasteiger charge is -2.19. The molecule has 0 amide bonds. The Morgan fingerprint density at radius 3 is 2.70 bits per heavy atom. The molecule has 1 aromatic rings. The van der Waals surface area contributed by atoms with Crippen LogP contribution in [0.4, 0.5) is 10.1 Å². The number of nitrogens with zero attached hydrogens (tertiary/aromatic N) is 1. The van der Waals surface area contributed by atoms with E-state index in [0.29, 0.717) is 25.1 Å². The maximum atomic E-state index is 14.3. The fourth-order valence-corrected chi connectivity index (χ4v) is 1.93. The fraction of sp³-hybridized carbons (Fsp3) is 0.562. The Morgan fingerprint density at radius 1 is 1.30 bits per heavy atom. The van der Waals surface area contributed by atoms with E-state index in [2.05, 4.69) is 0 Å². The number of carbonyl (C=O) groups is 1. The van der Waals surface area contributed by atoms with E-state index in [1.54, 1.807) is 13.0 Å². The smallest absolute Gasteiger partial charge is 0.305 e. The Balaban J connectivity index is 2.46. The van der Waals surface area contributed by atoms with Gasteiger partial charge >= 0.3 is 5.97 Å². The van der Waals surface area contributed by atoms with E-state index < -0.39 is 0 Å².